The lowest BCUT2D eigenvalue weighted by molar-refractivity contribution is -0.135. The summed E-state index contributed by atoms with van der Waals surface area (Å²) in [4.78, 5) is 11.0. The Morgan fingerprint density at radius 1 is 1.12 bits per heavy atom. The van der Waals surface area contributed by atoms with Crippen LogP contribution in [0, 0.1) is 13.8 Å². The number of benzene rings is 2. The van der Waals surface area contributed by atoms with Gasteiger partial charge in [-0.05, 0) is 43.2 Å². The van der Waals surface area contributed by atoms with Crippen molar-refractivity contribution in [1.29, 1.82) is 0 Å². The van der Waals surface area contributed by atoms with Crippen molar-refractivity contribution in [2.24, 2.45) is 0 Å². The van der Waals surface area contributed by atoms with E-state index in [0.717, 1.165) is 4.31 Å². The highest BCUT2D eigenvalue weighted by Crippen LogP contribution is 2.33. The number of carbonyl (C=O) groups is 1. The van der Waals surface area contributed by atoms with Gasteiger partial charge in [-0.1, -0.05) is 41.4 Å². The second kappa shape index (κ2) is 7.01. The van der Waals surface area contributed by atoms with E-state index in [1.165, 1.54) is 18.2 Å². The number of halogens is 2. The van der Waals surface area contributed by atoms with Gasteiger partial charge in [0.15, 0.2) is 0 Å². The number of nitrogens with zero attached hydrogens (tertiary/aromatic N) is 1. The molecule has 0 saturated carbocycles. The second-order valence-electron chi connectivity index (χ2n) is 5.22. The van der Waals surface area contributed by atoms with Gasteiger partial charge in [0, 0.05) is 5.02 Å². The van der Waals surface area contributed by atoms with Crippen LogP contribution in [0.5, 0.6) is 0 Å². The van der Waals surface area contributed by atoms with Crippen LogP contribution in [0.3, 0.4) is 0 Å². The SMILES string of the molecule is Cc1cccc(C)c1N(CC(=O)O)S(=O)(=O)c1cc(Cl)ccc1Cl. The molecule has 0 aliphatic rings. The standard InChI is InChI=1S/C16H15Cl2NO4S/c1-10-4-3-5-11(2)16(10)19(9-15(20)21)24(22,23)14-8-12(17)6-7-13(14)18/h3-8H,9H2,1-2H3,(H,20,21). The molecule has 0 aliphatic heterocycles. The lowest BCUT2D eigenvalue weighted by Gasteiger charge is -2.26. The van der Waals surface area contributed by atoms with Gasteiger partial charge in [-0.3, -0.25) is 9.10 Å². The molecule has 0 radical (unpaired) electrons. The monoisotopic (exact) mass is 387 g/mol. The zero-order valence-corrected chi connectivity index (χ0v) is 15.3. The molecule has 0 bridgehead atoms. The number of aliphatic carboxylic acids is 1. The first-order valence-electron chi connectivity index (χ1n) is 6.90. The first-order chi connectivity index (χ1) is 11.1. The summed E-state index contributed by atoms with van der Waals surface area (Å²) >= 11 is 11.9. The van der Waals surface area contributed by atoms with Gasteiger partial charge < -0.3 is 5.11 Å². The van der Waals surface area contributed by atoms with Crippen molar-refractivity contribution < 1.29 is 18.3 Å². The van der Waals surface area contributed by atoms with Crippen LogP contribution in [0.1, 0.15) is 11.1 Å². The fourth-order valence-corrected chi connectivity index (χ4v) is 4.68. The highest BCUT2D eigenvalue weighted by Gasteiger charge is 2.31. The van der Waals surface area contributed by atoms with E-state index in [0.29, 0.717) is 16.8 Å². The summed E-state index contributed by atoms with van der Waals surface area (Å²) in [6.07, 6.45) is 0. The Balaban J connectivity index is 2.72. The molecule has 128 valence electrons. The van der Waals surface area contributed by atoms with E-state index in [1.54, 1.807) is 32.0 Å². The molecule has 5 nitrogen and oxygen atoms in total. The number of aryl methyl sites for hydroxylation is 2. The molecule has 2 aromatic rings. The van der Waals surface area contributed by atoms with Crippen molar-refractivity contribution in [2.45, 2.75) is 18.7 Å². The van der Waals surface area contributed by atoms with Crippen LogP contribution in [0.25, 0.3) is 0 Å². The molecule has 0 aliphatic carbocycles. The Labute approximate surface area is 150 Å². The molecule has 0 heterocycles. The molecule has 2 aromatic carbocycles. The number of sulfonamides is 1. The summed E-state index contributed by atoms with van der Waals surface area (Å²) in [5.74, 6) is -1.28. The lowest BCUT2D eigenvalue weighted by atomic mass is 10.1. The molecule has 0 aromatic heterocycles. The molecule has 0 fully saturated rings. The molecule has 0 spiro atoms. The van der Waals surface area contributed by atoms with E-state index in [-0.39, 0.29) is 14.9 Å². The molecule has 0 unspecified atom stereocenters. The Morgan fingerprint density at radius 3 is 2.25 bits per heavy atom. The van der Waals surface area contributed by atoms with E-state index in [9.17, 15) is 18.3 Å². The Hall–Kier alpha value is -1.76. The smallest absolute Gasteiger partial charge is 0.324 e. The summed E-state index contributed by atoms with van der Waals surface area (Å²) < 4.78 is 27.0. The second-order valence-corrected chi connectivity index (χ2v) is 7.89. The quantitative estimate of drug-likeness (QED) is 0.843. The zero-order valence-electron chi connectivity index (χ0n) is 13.0. The van der Waals surface area contributed by atoms with Crippen LogP contribution in [0.4, 0.5) is 5.69 Å². The van der Waals surface area contributed by atoms with E-state index in [2.05, 4.69) is 0 Å². The Morgan fingerprint density at radius 2 is 1.71 bits per heavy atom. The van der Waals surface area contributed by atoms with Gasteiger partial charge in [-0.2, -0.15) is 0 Å². The number of carboxylic acid groups (broad SMARTS) is 1. The van der Waals surface area contributed by atoms with Crippen molar-refractivity contribution in [3.8, 4) is 0 Å². The number of hydrogen-bond donors (Lipinski definition) is 1. The van der Waals surface area contributed by atoms with Crippen molar-refractivity contribution >= 4 is 44.9 Å². The van der Waals surface area contributed by atoms with E-state index < -0.39 is 22.5 Å². The van der Waals surface area contributed by atoms with E-state index >= 15 is 0 Å². The lowest BCUT2D eigenvalue weighted by Crippen LogP contribution is -2.37. The maximum Gasteiger partial charge on any atom is 0.324 e. The Kier molecular flexibility index (Phi) is 5.42. The number of carboxylic acids is 1. The van der Waals surface area contributed by atoms with Crippen LogP contribution in [0.2, 0.25) is 10.0 Å². The molecule has 0 atom stereocenters. The number of anilines is 1. The zero-order chi connectivity index (χ0) is 18.1. The molecule has 0 saturated heterocycles. The topological polar surface area (TPSA) is 74.7 Å². The molecular weight excluding hydrogens is 373 g/mol. The van der Waals surface area contributed by atoms with Gasteiger partial charge >= 0.3 is 5.97 Å². The summed E-state index contributed by atoms with van der Waals surface area (Å²) in [6, 6.07) is 9.23. The highest BCUT2D eigenvalue weighted by molar-refractivity contribution is 7.93. The first kappa shape index (κ1) is 18.6. The minimum atomic E-state index is -4.21. The largest absolute Gasteiger partial charge is 0.480 e. The average Bonchev–Trinajstić information content (AvgIpc) is 2.48. The summed E-state index contributed by atoms with van der Waals surface area (Å²) in [5, 5.41) is 9.36. The van der Waals surface area contributed by atoms with Gasteiger partial charge in [0.25, 0.3) is 10.0 Å². The fourth-order valence-electron chi connectivity index (χ4n) is 2.40. The van der Waals surface area contributed by atoms with E-state index in [4.69, 9.17) is 23.2 Å². The average molecular weight is 388 g/mol. The fraction of sp³-hybridized carbons (Fsp3) is 0.188. The third-order valence-corrected chi connectivity index (χ3v) is 5.89. The van der Waals surface area contributed by atoms with Gasteiger partial charge in [0.2, 0.25) is 0 Å². The van der Waals surface area contributed by atoms with Crippen LogP contribution in [-0.4, -0.2) is 26.0 Å². The van der Waals surface area contributed by atoms with Crippen LogP contribution in [-0.2, 0) is 14.8 Å². The Bertz CT molecular complexity index is 877. The van der Waals surface area contributed by atoms with Gasteiger partial charge in [-0.15, -0.1) is 0 Å². The maximum atomic E-state index is 13.1. The molecule has 0 amide bonds. The van der Waals surface area contributed by atoms with Crippen LogP contribution in [0.15, 0.2) is 41.3 Å². The number of para-hydroxylation sites is 1. The van der Waals surface area contributed by atoms with Gasteiger partial charge in [0.1, 0.15) is 11.4 Å². The molecule has 8 heteroatoms. The molecular formula is C16H15Cl2NO4S. The van der Waals surface area contributed by atoms with Crippen molar-refractivity contribution in [2.75, 3.05) is 10.8 Å². The third-order valence-electron chi connectivity index (χ3n) is 3.43. The van der Waals surface area contributed by atoms with Gasteiger partial charge in [0.05, 0.1) is 10.7 Å². The van der Waals surface area contributed by atoms with Crippen molar-refractivity contribution in [3.63, 3.8) is 0 Å². The molecule has 24 heavy (non-hydrogen) atoms. The van der Waals surface area contributed by atoms with Crippen LogP contribution < -0.4 is 4.31 Å². The van der Waals surface area contributed by atoms with Gasteiger partial charge in [-0.25, -0.2) is 8.42 Å². The van der Waals surface area contributed by atoms with Crippen molar-refractivity contribution in [3.05, 3.63) is 57.6 Å². The summed E-state index contributed by atoms with van der Waals surface area (Å²) in [6.45, 7) is 2.70. The predicted octanol–water partition coefficient (Wildman–Crippen LogP) is 3.89. The highest BCUT2D eigenvalue weighted by atomic mass is 35.5. The third kappa shape index (κ3) is 3.66. The normalized spacial score (nSPS) is 11.3. The number of hydrogen-bond acceptors (Lipinski definition) is 3. The summed E-state index contributed by atoms with van der Waals surface area (Å²) in [5.41, 5.74) is 1.59. The van der Waals surface area contributed by atoms with Crippen molar-refractivity contribution in [1.82, 2.24) is 0 Å². The molecule has 2 rings (SSSR count). The summed E-state index contributed by atoms with van der Waals surface area (Å²) in [7, 11) is -4.21. The van der Waals surface area contributed by atoms with E-state index in [1.807, 2.05) is 0 Å². The molecule has 1 N–H and O–H groups in total. The minimum Gasteiger partial charge on any atom is -0.480 e. The van der Waals surface area contributed by atoms with Crippen LogP contribution >= 0.6 is 23.2 Å². The number of rotatable bonds is 5. The minimum absolute atomic E-state index is 0.0268. The first-order valence-corrected chi connectivity index (χ1v) is 9.10. The maximum absolute atomic E-state index is 13.1. The predicted molar refractivity (Wildman–Crippen MR) is 94.5 cm³/mol.